The standard InChI is InChI=1S/C16H20N6OS/c17-15-20-13(10-24-12-8-4-5-9-18-14(12)23)21-16(22-15)19-11-6-2-1-3-7-11/h1-3,6-7,12H,4-5,8-10H2,(H,18,23)(H3,17,19,20,21,22)/t12-/m0/s1. The first kappa shape index (κ1) is 16.5. The van der Waals surface area contributed by atoms with Gasteiger partial charge in [-0.25, -0.2) is 0 Å². The van der Waals surface area contributed by atoms with E-state index in [1.165, 1.54) is 0 Å². The van der Waals surface area contributed by atoms with E-state index in [4.69, 9.17) is 5.73 Å². The third-order valence-electron chi connectivity index (χ3n) is 3.63. The first-order chi connectivity index (χ1) is 11.7. The zero-order valence-corrected chi connectivity index (χ0v) is 14.1. The Kier molecular flexibility index (Phi) is 5.47. The first-order valence-electron chi connectivity index (χ1n) is 7.92. The zero-order chi connectivity index (χ0) is 16.8. The fraction of sp³-hybridized carbons (Fsp3) is 0.375. The van der Waals surface area contributed by atoms with Gasteiger partial charge in [-0.2, -0.15) is 15.0 Å². The number of hydrogen-bond donors (Lipinski definition) is 3. The number of hydrogen-bond acceptors (Lipinski definition) is 7. The van der Waals surface area contributed by atoms with Crippen LogP contribution in [0.15, 0.2) is 30.3 Å². The molecule has 0 aliphatic carbocycles. The highest BCUT2D eigenvalue weighted by atomic mass is 32.2. The lowest BCUT2D eigenvalue weighted by Crippen LogP contribution is -2.30. The van der Waals surface area contributed by atoms with Gasteiger partial charge in [-0.15, -0.1) is 11.8 Å². The van der Waals surface area contributed by atoms with E-state index in [9.17, 15) is 4.79 Å². The molecule has 2 aromatic rings. The molecule has 24 heavy (non-hydrogen) atoms. The van der Waals surface area contributed by atoms with Crippen molar-refractivity contribution in [2.24, 2.45) is 0 Å². The SMILES string of the molecule is Nc1nc(CS[C@H]2CCCCNC2=O)nc(Nc2ccccc2)n1. The summed E-state index contributed by atoms with van der Waals surface area (Å²) in [6.07, 6.45) is 2.97. The summed E-state index contributed by atoms with van der Waals surface area (Å²) in [5.41, 5.74) is 6.66. The van der Waals surface area contributed by atoms with Gasteiger partial charge in [0.1, 0.15) is 5.82 Å². The van der Waals surface area contributed by atoms with Crippen molar-refractivity contribution in [2.45, 2.75) is 30.3 Å². The maximum absolute atomic E-state index is 12.0. The van der Waals surface area contributed by atoms with E-state index in [-0.39, 0.29) is 17.1 Å². The first-order valence-corrected chi connectivity index (χ1v) is 8.97. The van der Waals surface area contributed by atoms with E-state index in [0.717, 1.165) is 31.5 Å². The van der Waals surface area contributed by atoms with Gasteiger partial charge in [0.15, 0.2) is 0 Å². The number of carbonyl (C=O) groups excluding carboxylic acids is 1. The Balaban J connectivity index is 1.66. The highest BCUT2D eigenvalue weighted by Crippen LogP contribution is 2.23. The normalized spacial score (nSPS) is 17.8. The minimum Gasteiger partial charge on any atom is -0.368 e. The fourth-order valence-corrected chi connectivity index (χ4v) is 3.50. The summed E-state index contributed by atoms with van der Waals surface area (Å²) in [6.45, 7) is 0.764. The Labute approximate surface area is 144 Å². The summed E-state index contributed by atoms with van der Waals surface area (Å²) in [5.74, 6) is 1.78. The molecule has 8 heteroatoms. The number of aromatic nitrogens is 3. The molecule has 4 N–H and O–H groups in total. The van der Waals surface area contributed by atoms with Gasteiger partial charge in [-0.1, -0.05) is 24.6 Å². The van der Waals surface area contributed by atoms with E-state index in [2.05, 4.69) is 25.6 Å². The molecule has 1 aromatic heterocycles. The Morgan fingerprint density at radius 2 is 2.04 bits per heavy atom. The highest BCUT2D eigenvalue weighted by Gasteiger charge is 2.21. The van der Waals surface area contributed by atoms with E-state index in [0.29, 0.717) is 17.5 Å². The van der Waals surface area contributed by atoms with Crippen LogP contribution < -0.4 is 16.4 Å². The molecule has 3 rings (SSSR count). The molecule has 1 atom stereocenters. The molecule has 1 aliphatic heterocycles. The number of rotatable bonds is 5. The summed E-state index contributed by atoms with van der Waals surface area (Å²) in [5, 5.41) is 5.99. The molecular formula is C16H20N6OS. The van der Waals surface area contributed by atoms with E-state index in [1.807, 2.05) is 30.3 Å². The van der Waals surface area contributed by atoms with Gasteiger partial charge in [0.25, 0.3) is 0 Å². The predicted molar refractivity (Wildman–Crippen MR) is 95.9 cm³/mol. The van der Waals surface area contributed by atoms with Crippen molar-refractivity contribution in [2.75, 3.05) is 17.6 Å². The molecule has 1 fully saturated rings. The topological polar surface area (TPSA) is 106 Å². The molecule has 7 nitrogen and oxygen atoms in total. The van der Waals surface area contributed by atoms with Crippen molar-refractivity contribution in [3.05, 3.63) is 36.2 Å². The monoisotopic (exact) mass is 344 g/mol. The molecule has 0 bridgehead atoms. The maximum Gasteiger partial charge on any atom is 0.233 e. The zero-order valence-electron chi connectivity index (χ0n) is 13.2. The van der Waals surface area contributed by atoms with Crippen LogP contribution in [0.5, 0.6) is 0 Å². The number of benzene rings is 1. The Hall–Kier alpha value is -2.35. The van der Waals surface area contributed by atoms with Crippen LogP contribution in [0.3, 0.4) is 0 Å². The van der Waals surface area contributed by atoms with Gasteiger partial charge in [0, 0.05) is 12.2 Å². The van der Waals surface area contributed by atoms with Gasteiger partial charge in [-0.3, -0.25) is 4.79 Å². The van der Waals surface area contributed by atoms with E-state index in [1.54, 1.807) is 11.8 Å². The van der Waals surface area contributed by atoms with Crippen molar-refractivity contribution < 1.29 is 4.79 Å². The molecule has 1 aromatic carbocycles. The van der Waals surface area contributed by atoms with Crippen molar-refractivity contribution in [1.82, 2.24) is 20.3 Å². The summed E-state index contributed by atoms with van der Waals surface area (Å²) in [4.78, 5) is 24.7. The van der Waals surface area contributed by atoms with Crippen LogP contribution in [0.2, 0.25) is 0 Å². The van der Waals surface area contributed by atoms with Crippen LogP contribution in [0.25, 0.3) is 0 Å². The van der Waals surface area contributed by atoms with Crippen molar-refractivity contribution in [1.29, 1.82) is 0 Å². The number of carbonyl (C=O) groups is 1. The maximum atomic E-state index is 12.0. The number of anilines is 3. The lowest BCUT2D eigenvalue weighted by molar-refractivity contribution is -0.120. The number of nitrogens with two attached hydrogens (primary N) is 1. The quantitative estimate of drug-likeness (QED) is 0.762. The molecular weight excluding hydrogens is 324 g/mol. The second kappa shape index (κ2) is 7.96. The second-order valence-electron chi connectivity index (χ2n) is 5.51. The molecule has 2 heterocycles. The molecule has 0 radical (unpaired) electrons. The minimum atomic E-state index is -0.0592. The number of para-hydroxylation sites is 1. The second-order valence-corrected chi connectivity index (χ2v) is 6.70. The highest BCUT2D eigenvalue weighted by molar-refractivity contribution is 7.99. The van der Waals surface area contributed by atoms with Gasteiger partial charge < -0.3 is 16.4 Å². The molecule has 0 unspecified atom stereocenters. The largest absolute Gasteiger partial charge is 0.368 e. The van der Waals surface area contributed by atoms with Gasteiger partial charge >= 0.3 is 0 Å². The summed E-state index contributed by atoms with van der Waals surface area (Å²) in [6, 6.07) is 9.63. The van der Waals surface area contributed by atoms with Crippen molar-refractivity contribution in [3.63, 3.8) is 0 Å². The molecule has 1 amide bonds. The smallest absolute Gasteiger partial charge is 0.233 e. The summed E-state index contributed by atoms with van der Waals surface area (Å²) >= 11 is 1.55. The van der Waals surface area contributed by atoms with Crippen LogP contribution >= 0.6 is 11.8 Å². The van der Waals surface area contributed by atoms with E-state index >= 15 is 0 Å². The van der Waals surface area contributed by atoms with Gasteiger partial charge in [0.05, 0.1) is 11.0 Å². The third-order valence-corrected chi connectivity index (χ3v) is 4.90. The van der Waals surface area contributed by atoms with E-state index < -0.39 is 0 Å². The number of amides is 1. The summed E-state index contributed by atoms with van der Waals surface area (Å²) < 4.78 is 0. The summed E-state index contributed by atoms with van der Waals surface area (Å²) in [7, 11) is 0. The van der Waals surface area contributed by atoms with Crippen LogP contribution in [-0.2, 0) is 10.5 Å². The number of nitrogens with zero attached hydrogens (tertiary/aromatic N) is 3. The lowest BCUT2D eigenvalue weighted by atomic mass is 10.2. The Morgan fingerprint density at radius 3 is 2.88 bits per heavy atom. The predicted octanol–water partition coefficient (Wildman–Crippen LogP) is 2.10. The van der Waals surface area contributed by atoms with Crippen molar-refractivity contribution in [3.8, 4) is 0 Å². The fourth-order valence-electron chi connectivity index (χ4n) is 2.45. The lowest BCUT2D eigenvalue weighted by Gasteiger charge is -2.12. The Bertz CT molecular complexity index is 696. The number of nitrogens with one attached hydrogen (secondary N) is 2. The third kappa shape index (κ3) is 4.58. The molecule has 0 saturated carbocycles. The molecule has 1 aliphatic rings. The van der Waals surface area contributed by atoms with Crippen LogP contribution in [0.1, 0.15) is 25.1 Å². The van der Waals surface area contributed by atoms with Gasteiger partial charge in [0.2, 0.25) is 17.8 Å². The molecule has 0 spiro atoms. The number of nitrogen functional groups attached to an aromatic ring is 1. The van der Waals surface area contributed by atoms with Crippen molar-refractivity contribution >= 4 is 35.3 Å². The average Bonchev–Trinajstić information content (AvgIpc) is 2.78. The minimum absolute atomic E-state index is 0.0592. The average molecular weight is 344 g/mol. The number of thioether (sulfide) groups is 1. The van der Waals surface area contributed by atoms with Crippen LogP contribution in [-0.4, -0.2) is 32.7 Å². The Morgan fingerprint density at radius 1 is 1.21 bits per heavy atom. The van der Waals surface area contributed by atoms with Crippen LogP contribution in [0.4, 0.5) is 17.6 Å². The molecule has 1 saturated heterocycles. The molecule has 126 valence electrons. The van der Waals surface area contributed by atoms with Gasteiger partial charge in [-0.05, 0) is 25.0 Å². The van der Waals surface area contributed by atoms with Crippen LogP contribution in [0, 0.1) is 0 Å².